The van der Waals surface area contributed by atoms with E-state index in [1.54, 1.807) is 12.3 Å². The molecule has 3 heteroatoms. The highest BCUT2D eigenvalue weighted by atomic mass is 16.5. The number of nitrogens with one attached hydrogen (secondary N) is 1. The number of carbonyl (C=O) groups excluding carboxylic acids is 1. The van der Waals surface area contributed by atoms with Crippen molar-refractivity contribution in [1.29, 1.82) is 0 Å². The molecule has 0 amide bonds. The third-order valence-electron chi connectivity index (χ3n) is 4.19. The van der Waals surface area contributed by atoms with Gasteiger partial charge in [-0.3, -0.25) is 4.79 Å². The number of Topliss-reactive ketones (excluding diaryl/α,β-unsaturated/α-hetero) is 1. The van der Waals surface area contributed by atoms with Gasteiger partial charge in [-0.25, -0.2) is 0 Å². The largest absolute Gasteiger partial charge is 0.480 e. The molecule has 4 rings (SSSR count). The van der Waals surface area contributed by atoms with Gasteiger partial charge in [-0.05, 0) is 29.8 Å². The van der Waals surface area contributed by atoms with Crippen molar-refractivity contribution in [1.82, 2.24) is 0 Å². The minimum atomic E-state index is -0.431. The lowest BCUT2D eigenvalue weighted by Crippen LogP contribution is -2.24. The number of hydrogen-bond acceptors (Lipinski definition) is 3. The molecule has 0 bridgehead atoms. The number of carbonyl (C=O) groups is 1. The van der Waals surface area contributed by atoms with E-state index in [4.69, 9.17) is 4.74 Å². The number of para-hydroxylation sites is 2. The van der Waals surface area contributed by atoms with Gasteiger partial charge in [0, 0.05) is 11.9 Å². The Morgan fingerprint density at radius 3 is 2.20 bits per heavy atom. The molecule has 122 valence electrons. The van der Waals surface area contributed by atoms with E-state index in [2.05, 4.69) is 5.32 Å². The van der Waals surface area contributed by atoms with Gasteiger partial charge in [-0.15, -0.1) is 0 Å². The van der Waals surface area contributed by atoms with Crippen molar-refractivity contribution in [3.63, 3.8) is 0 Å². The summed E-state index contributed by atoms with van der Waals surface area (Å²) in [6.45, 7) is 0. The van der Waals surface area contributed by atoms with E-state index < -0.39 is 6.10 Å². The van der Waals surface area contributed by atoms with E-state index in [1.807, 2.05) is 78.9 Å². The molecule has 1 atom stereocenters. The Hall–Kier alpha value is -3.33. The van der Waals surface area contributed by atoms with Crippen molar-refractivity contribution in [2.45, 2.75) is 6.10 Å². The van der Waals surface area contributed by atoms with Crippen LogP contribution in [0.15, 0.2) is 96.7 Å². The van der Waals surface area contributed by atoms with Crippen LogP contribution in [-0.4, -0.2) is 5.78 Å². The summed E-state index contributed by atoms with van der Waals surface area (Å²) < 4.78 is 6.16. The third-order valence-corrected chi connectivity index (χ3v) is 4.19. The summed E-state index contributed by atoms with van der Waals surface area (Å²) in [5.74, 6) is 0.609. The van der Waals surface area contributed by atoms with E-state index in [9.17, 15) is 4.79 Å². The maximum Gasteiger partial charge on any atom is 0.198 e. The molecule has 1 aliphatic heterocycles. The molecule has 25 heavy (non-hydrogen) atoms. The smallest absolute Gasteiger partial charge is 0.198 e. The van der Waals surface area contributed by atoms with Crippen LogP contribution in [0, 0.1) is 0 Å². The van der Waals surface area contributed by atoms with Crippen molar-refractivity contribution in [3.05, 3.63) is 108 Å². The van der Waals surface area contributed by atoms with Crippen LogP contribution in [-0.2, 0) is 0 Å². The molecule has 0 aromatic heterocycles. The molecular weight excluding hydrogens is 310 g/mol. The quantitative estimate of drug-likeness (QED) is 0.688. The summed E-state index contributed by atoms with van der Waals surface area (Å²) in [5.41, 5.74) is 3.06. The second kappa shape index (κ2) is 6.65. The summed E-state index contributed by atoms with van der Waals surface area (Å²) in [6.07, 6.45) is 1.32. The van der Waals surface area contributed by atoms with E-state index in [1.165, 1.54) is 0 Å². The van der Waals surface area contributed by atoms with Crippen LogP contribution < -0.4 is 10.1 Å². The fourth-order valence-electron chi connectivity index (χ4n) is 2.93. The van der Waals surface area contributed by atoms with Crippen molar-refractivity contribution in [2.75, 3.05) is 5.32 Å². The highest BCUT2D eigenvalue weighted by Crippen LogP contribution is 2.38. The fraction of sp³-hybridized carbons (Fsp3) is 0.0455. The Balaban J connectivity index is 1.76. The van der Waals surface area contributed by atoms with E-state index >= 15 is 0 Å². The topological polar surface area (TPSA) is 38.3 Å². The van der Waals surface area contributed by atoms with E-state index in [-0.39, 0.29) is 5.78 Å². The summed E-state index contributed by atoms with van der Waals surface area (Å²) in [7, 11) is 0. The van der Waals surface area contributed by atoms with Crippen LogP contribution in [0.2, 0.25) is 0 Å². The van der Waals surface area contributed by atoms with Gasteiger partial charge in [0.1, 0.15) is 5.75 Å². The molecule has 0 saturated carbocycles. The molecule has 0 radical (unpaired) electrons. The Morgan fingerprint density at radius 1 is 0.800 bits per heavy atom. The second-order valence-electron chi connectivity index (χ2n) is 5.84. The molecule has 1 N–H and O–H groups in total. The fourth-order valence-corrected chi connectivity index (χ4v) is 2.93. The number of anilines is 1. The van der Waals surface area contributed by atoms with Crippen LogP contribution in [0.1, 0.15) is 22.0 Å². The van der Waals surface area contributed by atoms with Crippen LogP contribution in [0.5, 0.6) is 5.75 Å². The van der Waals surface area contributed by atoms with Gasteiger partial charge >= 0.3 is 0 Å². The summed E-state index contributed by atoms with van der Waals surface area (Å²) in [5, 5.41) is 3.21. The van der Waals surface area contributed by atoms with Gasteiger partial charge in [0.25, 0.3) is 0 Å². The zero-order chi connectivity index (χ0) is 17.1. The minimum Gasteiger partial charge on any atom is -0.480 e. The molecule has 0 fully saturated rings. The maximum absolute atomic E-state index is 13.0. The molecule has 3 aromatic carbocycles. The first-order valence-corrected chi connectivity index (χ1v) is 8.20. The Kier molecular flexibility index (Phi) is 4.05. The second-order valence-corrected chi connectivity index (χ2v) is 5.84. The van der Waals surface area contributed by atoms with Gasteiger partial charge < -0.3 is 10.1 Å². The highest BCUT2D eigenvalue weighted by Gasteiger charge is 2.32. The Morgan fingerprint density at radius 2 is 1.44 bits per heavy atom. The van der Waals surface area contributed by atoms with Gasteiger partial charge in [0.15, 0.2) is 11.9 Å². The third kappa shape index (κ3) is 3.04. The Bertz CT molecular complexity index is 917. The molecule has 0 saturated heterocycles. The lowest BCUT2D eigenvalue weighted by Gasteiger charge is -2.28. The van der Waals surface area contributed by atoms with E-state index in [0.29, 0.717) is 16.9 Å². The van der Waals surface area contributed by atoms with Crippen molar-refractivity contribution >= 4 is 11.5 Å². The predicted molar refractivity (Wildman–Crippen MR) is 98.7 cm³/mol. The average Bonchev–Trinajstić information content (AvgIpc) is 2.69. The number of ketones is 1. The summed E-state index contributed by atoms with van der Waals surface area (Å²) >= 11 is 0. The molecule has 1 aliphatic rings. The van der Waals surface area contributed by atoms with Crippen LogP contribution in [0.4, 0.5) is 5.69 Å². The number of fused-ring (bicyclic) bond motifs is 1. The monoisotopic (exact) mass is 327 g/mol. The molecule has 0 spiro atoms. The first kappa shape index (κ1) is 15.2. The zero-order valence-corrected chi connectivity index (χ0v) is 13.6. The zero-order valence-electron chi connectivity index (χ0n) is 13.6. The molecular formula is C22H17NO2. The number of rotatable bonds is 3. The van der Waals surface area contributed by atoms with Crippen molar-refractivity contribution < 1.29 is 9.53 Å². The lowest BCUT2D eigenvalue weighted by atomic mass is 9.91. The molecule has 0 aliphatic carbocycles. The number of benzene rings is 3. The average molecular weight is 327 g/mol. The van der Waals surface area contributed by atoms with Crippen LogP contribution in [0.25, 0.3) is 0 Å². The molecule has 1 unspecified atom stereocenters. The first-order valence-electron chi connectivity index (χ1n) is 8.20. The van der Waals surface area contributed by atoms with Gasteiger partial charge in [-0.2, -0.15) is 0 Å². The number of hydrogen-bond donors (Lipinski definition) is 1. The van der Waals surface area contributed by atoms with Crippen LogP contribution in [0.3, 0.4) is 0 Å². The molecule has 3 nitrogen and oxygen atoms in total. The highest BCUT2D eigenvalue weighted by molar-refractivity contribution is 6.12. The summed E-state index contributed by atoms with van der Waals surface area (Å²) in [6, 6.07) is 26.9. The SMILES string of the molecule is O=C1/C(=C\Nc2ccccc2)C(c2ccccc2)Oc2ccccc21. The molecule has 3 aromatic rings. The number of ether oxygens (including phenoxy) is 1. The molecule has 1 heterocycles. The normalized spacial score (nSPS) is 17.7. The predicted octanol–water partition coefficient (Wildman–Crippen LogP) is 5.00. The minimum absolute atomic E-state index is 0.0147. The standard InChI is InChI=1S/C22H17NO2/c24-21-18-13-7-8-14-20(18)25-22(16-9-3-1-4-10-16)19(21)15-23-17-11-5-2-6-12-17/h1-15,22-23H/b19-15+. The van der Waals surface area contributed by atoms with Gasteiger partial charge in [0.2, 0.25) is 0 Å². The Labute approximate surface area is 146 Å². The van der Waals surface area contributed by atoms with Crippen molar-refractivity contribution in [2.24, 2.45) is 0 Å². The first-order chi connectivity index (χ1) is 12.3. The maximum atomic E-state index is 13.0. The van der Waals surface area contributed by atoms with Crippen molar-refractivity contribution in [3.8, 4) is 5.75 Å². The van der Waals surface area contributed by atoms with Gasteiger partial charge in [-0.1, -0.05) is 60.7 Å². The van der Waals surface area contributed by atoms with Gasteiger partial charge in [0.05, 0.1) is 11.1 Å². The lowest BCUT2D eigenvalue weighted by molar-refractivity contribution is 0.0961. The van der Waals surface area contributed by atoms with E-state index in [0.717, 1.165) is 11.3 Å². The van der Waals surface area contributed by atoms with Crippen LogP contribution >= 0.6 is 0 Å². The summed E-state index contributed by atoms with van der Waals surface area (Å²) in [4.78, 5) is 13.0.